The molecule has 3 nitrogen and oxygen atoms in total. The molecule has 0 N–H and O–H groups in total. The van der Waals surface area contributed by atoms with Gasteiger partial charge in [0.05, 0.1) is 16.4 Å². The molecule has 0 spiro atoms. The third-order valence-corrected chi connectivity index (χ3v) is 13.1. The van der Waals surface area contributed by atoms with E-state index >= 15 is 0 Å². The second-order valence-electron chi connectivity index (χ2n) is 16.8. The lowest BCUT2D eigenvalue weighted by atomic mass is 9.78. The van der Waals surface area contributed by atoms with Crippen molar-refractivity contribution in [3.8, 4) is 27.9 Å². The van der Waals surface area contributed by atoms with Crippen molar-refractivity contribution >= 4 is 66.4 Å². The Morgan fingerprint density at radius 3 is 1.95 bits per heavy atom. The van der Waals surface area contributed by atoms with Crippen LogP contribution in [0.5, 0.6) is 0 Å². The van der Waals surface area contributed by atoms with E-state index in [1.807, 2.05) is 0 Å². The molecule has 0 radical (unpaired) electrons. The van der Waals surface area contributed by atoms with Crippen LogP contribution in [0, 0.1) is 0 Å². The fourth-order valence-electron chi connectivity index (χ4n) is 10.2. The Balaban J connectivity index is 0.982. The Bertz CT molecular complexity index is 3360. The Hall–Kier alpha value is -7.36. The van der Waals surface area contributed by atoms with Gasteiger partial charge in [0, 0.05) is 49.9 Å². The molecule has 0 fully saturated rings. The van der Waals surface area contributed by atoms with Gasteiger partial charge in [0.15, 0.2) is 0 Å². The Kier molecular flexibility index (Phi) is 7.71. The van der Waals surface area contributed by atoms with E-state index in [4.69, 9.17) is 4.42 Å². The maximum atomic E-state index is 7.04. The van der Waals surface area contributed by atoms with Gasteiger partial charge in [0.1, 0.15) is 11.2 Å². The van der Waals surface area contributed by atoms with Gasteiger partial charge in [-0.25, -0.2) is 0 Å². The summed E-state index contributed by atoms with van der Waals surface area (Å²) in [6, 6.07) is 66.0. The number of rotatable bonds is 6. The lowest BCUT2D eigenvalue weighted by Gasteiger charge is -2.29. The lowest BCUT2D eigenvalue weighted by Crippen LogP contribution is -2.18. The highest BCUT2D eigenvalue weighted by Crippen LogP contribution is 2.52. The van der Waals surface area contributed by atoms with Crippen LogP contribution in [-0.2, 0) is 5.41 Å². The molecule has 2 aliphatic carbocycles. The number of hydrogen-bond donors (Lipinski definition) is 0. The van der Waals surface area contributed by atoms with E-state index in [9.17, 15) is 0 Å². The maximum Gasteiger partial charge on any atom is 0.145 e. The number of nitrogens with zero attached hydrogens (tertiary/aromatic N) is 2. The quantitative estimate of drug-likeness (QED) is 0.168. The molecule has 10 aromatic rings. The summed E-state index contributed by atoms with van der Waals surface area (Å²) in [4.78, 5) is 2.41. The number of allylic oxidation sites excluding steroid dienone is 4. The average molecular weight is 771 g/mol. The smallest absolute Gasteiger partial charge is 0.145 e. The first kappa shape index (κ1) is 34.7. The minimum absolute atomic E-state index is 0.0224. The van der Waals surface area contributed by atoms with E-state index in [1.54, 1.807) is 5.57 Å². The summed E-state index contributed by atoms with van der Waals surface area (Å²) in [5.74, 6) is 0. The predicted octanol–water partition coefficient (Wildman–Crippen LogP) is 15.9. The second kappa shape index (κ2) is 13.3. The van der Waals surface area contributed by atoms with E-state index in [2.05, 4.69) is 217 Å². The van der Waals surface area contributed by atoms with E-state index < -0.39 is 0 Å². The molecule has 286 valence electrons. The zero-order valence-corrected chi connectivity index (χ0v) is 33.7. The van der Waals surface area contributed by atoms with Gasteiger partial charge in [-0.15, -0.1) is 0 Å². The van der Waals surface area contributed by atoms with Crippen LogP contribution in [0.1, 0.15) is 37.8 Å². The number of anilines is 3. The van der Waals surface area contributed by atoms with Crippen LogP contribution in [0.4, 0.5) is 17.1 Å². The lowest BCUT2D eigenvalue weighted by molar-refractivity contribution is 0.607. The van der Waals surface area contributed by atoms with Crippen molar-refractivity contribution in [3.63, 3.8) is 0 Å². The first-order valence-electron chi connectivity index (χ1n) is 21.1. The van der Waals surface area contributed by atoms with Crippen LogP contribution in [0.2, 0.25) is 0 Å². The molecule has 0 aliphatic heterocycles. The largest absolute Gasteiger partial charge is 0.455 e. The number of benzene rings is 8. The van der Waals surface area contributed by atoms with Crippen molar-refractivity contribution < 1.29 is 4.42 Å². The molecular weight excluding hydrogens is 729 g/mol. The van der Waals surface area contributed by atoms with E-state index in [1.165, 1.54) is 38.7 Å². The summed E-state index contributed by atoms with van der Waals surface area (Å²) in [6.07, 6.45) is 6.91. The molecule has 2 aliphatic rings. The minimum atomic E-state index is -0.0224. The summed E-state index contributed by atoms with van der Waals surface area (Å²) < 4.78 is 9.39. The second-order valence-corrected chi connectivity index (χ2v) is 16.8. The van der Waals surface area contributed by atoms with Gasteiger partial charge in [-0.3, -0.25) is 0 Å². The maximum absolute atomic E-state index is 7.04. The molecular formula is C57H42N2O. The molecule has 0 saturated heterocycles. The van der Waals surface area contributed by atoms with Crippen molar-refractivity contribution in [2.45, 2.75) is 32.1 Å². The molecule has 8 aromatic carbocycles. The van der Waals surface area contributed by atoms with Crippen LogP contribution in [0.3, 0.4) is 0 Å². The van der Waals surface area contributed by atoms with Gasteiger partial charge in [-0.05, 0) is 113 Å². The standard InChI is InChI=1S/C57H42N2O/c1-57(2)50-22-11-9-18-45(50)46-33-32-43(36-51(46)57)58(41-28-24-38(25-29-41)37-14-5-3-6-15-37)42-30-26-39(27-31-42)44-20-13-21-47-48-34-35-53-54(56(48)60-55(44)47)49-19-10-12-23-52(49)59(53)40-16-7-4-8-17-40/h3-10,12-21,23-36H,11,22H2,1-2H3. The number of fused-ring (bicyclic) bond motifs is 9. The van der Waals surface area contributed by atoms with Crippen molar-refractivity contribution in [2.24, 2.45) is 0 Å². The zero-order chi connectivity index (χ0) is 40.0. The van der Waals surface area contributed by atoms with Gasteiger partial charge in [-0.1, -0.05) is 147 Å². The molecule has 0 atom stereocenters. The third kappa shape index (κ3) is 5.22. The van der Waals surface area contributed by atoms with E-state index in [0.717, 1.165) is 79.6 Å². The zero-order valence-electron chi connectivity index (χ0n) is 33.7. The highest BCUT2D eigenvalue weighted by atomic mass is 16.3. The number of aromatic nitrogens is 1. The monoisotopic (exact) mass is 770 g/mol. The molecule has 0 bridgehead atoms. The summed E-state index contributed by atoms with van der Waals surface area (Å²) in [5, 5.41) is 4.58. The topological polar surface area (TPSA) is 21.3 Å². The first-order valence-corrected chi connectivity index (χ1v) is 21.1. The molecule has 3 heteroatoms. The normalized spacial score (nSPS) is 14.4. The predicted molar refractivity (Wildman–Crippen MR) is 252 cm³/mol. The van der Waals surface area contributed by atoms with Crippen molar-refractivity contribution in [1.82, 2.24) is 4.57 Å². The Morgan fingerprint density at radius 1 is 0.517 bits per heavy atom. The summed E-state index contributed by atoms with van der Waals surface area (Å²) in [5.41, 5.74) is 19.0. The molecule has 2 aromatic heterocycles. The van der Waals surface area contributed by atoms with Gasteiger partial charge >= 0.3 is 0 Å². The third-order valence-electron chi connectivity index (χ3n) is 13.1. The van der Waals surface area contributed by atoms with Crippen molar-refractivity contribution in [2.75, 3.05) is 4.90 Å². The van der Waals surface area contributed by atoms with Crippen LogP contribution in [-0.4, -0.2) is 4.57 Å². The SMILES string of the molecule is CC1(C)C2=C(C=CCC2)c2ccc(N(c3ccc(-c4ccccc4)cc3)c3ccc(-c4cccc5c4oc4c5ccc5c4c4ccccc4n5-c4ccccc4)cc3)cc21. The highest BCUT2D eigenvalue weighted by molar-refractivity contribution is 6.24. The van der Waals surface area contributed by atoms with Crippen LogP contribution in [0.25, 0.3) is 77.3 Å². The minimum Gasteiger partial charge on any atom is -0.455 e. The van der Waals surface area contributed by atoms with Crippen LogP contribution >= 0.6 is 0 Å². The van der Waals surface area contributed by atoms with Crippen LogP contribution in [0.15, 0.2) is 204 Å². The average Bonchev–Trinajstić information content (AvgIpc) is 3.93. The summed E-state index contributed by atoms with van der Waals surface area (Å²) in [6.45, 7) is 4.80. The van der Waals surface area contributed by atoms with E-state index in [0.29, 0.717) is 0 Å². The molecule has 12 rings (SSSR count). The number of furan rings is 1. The molecule has 0 amide bonds. The van der Waals surface area contributed by atoms with Crippen LogP contribution < -0.4 is 4.90 Å². The summed E-state index contributed by atoms with van der Waals surface area (Å²) >= 11 is 0. The van der Waals surface area contributed by atoms with Gasteiger partial charge < -0.3 is 13.9 Å². The Labute approximate surface area is 349 Å². The number of para-hydroxylation sites is 3. The first-order chi connectivity index (χ1) is 29.5. The molecule has 2 heterocycles. The number of hydrogen-bond acceptors (Lipinski definition) is 2. The van der Waals surface area contributed by atoms with Gasteiger partial charge in [0.25, 0.3) is 0 Å². The van der Waals surface area contributed by atoms with Gasteiger partial charge in [0.2, 0.25) is 0 Å². The van der Waals surface area contributed by atoms with Crippen molar-refractivity contribution in [3.05, 3.63) is 211 Å². The Morgan fingerprint density at radius 2 is 1.17 bits per heavy atom. The fraction of sp³-hybridized carbons (Fsp3) is 0.0877. The molecule has 0 unspecified atom stereocenters. The molecule has 60 heavy (non-hydrogen) atoms. The van der Waals surface area contributed by atoms with E-state index in [-0.39, 0.29) is 5.41 Å². The fourth-order valence-corrected chi connectivity index (χ4v) is 10.2. The molecule has 0 saturated carbocycles. The van der Waals surface area contributed by atoms with Gasteiger partial charge in [-0.2, -0.15) is 0 Å². The summed E-state index contributed by atoms with van der Waals surface area (Å²) in [7, 11) is 0. The highest BCUT2D eigenvalue weighted by Gasteiger charge is 2.37. The van der Waals surface area contributed by atoms with Crippen molar-refractivity contribution in [1.29, 1.82) is 0 Å².